The number of amides is 1. The Morgan fingerprint density at radius 1 is 1.25 bits per heavy atom. The Labute approximate surface area is 163 Å². The van der Waals surface area contributed by atoms with Crippen molar-refractivity contribution in [1.82, 2.24) is 10.2 Å². The van der Waals surface area contributed by atoms with Gasteiger partial charge in [-0.25, -0.2) is 0 Å². The van der Waals surface area contributed by atoms with E-state index in [0.29, 0.717) is 6.61 Å². The van der Waals surface area contributed by atoms with Gasteiger partial charge in [-0.3, -0.25) is 9.89 Å². The van der Waals surface area contributed by atoms with E-state index in [0.717, 1.165) is 59.0 Å². The number of H-pyrrole nitrogens is 1. The first-order valence-corrected chi connectivity index (χ1v) is 9.46. The molecule has 0 spiro atoms. The summed E-state index contributed by atoms with van der Waals surface area (Å²) in [5.41, 5.74) is 5.08. The highest BCUT2D eigenvalue weighted by molar-refractivity contribution is 5.98. The fourth-order valence-electron chi connectivity index (χ4n) is 4.09. The molecule has 5 rings (SSSR count). The van der Waals surface area contributed by atoms with Gasteiger partial charge in [0, 0.05) is 35.3 Å². The van der Waals surface area contributed by atoms with Crippen molar-refractivity contribution in [1.29, 1.82) is 0 Å². The van der Waals surface area contributed by atoms with Crippen LogP contribution in [0.4, 0.5) is 5.69 Å². The number of methoxy groups -OCH3 is 1. The van der Waals surface area contributed by atoms with Gasteiger partial charge >= 0.3 is 0 Å². The maximum atomic E-state index is 13.0. The number of rotatable bonds is 4. The van der Waals surface area contributed by atoms with Gasteiger partial charge in [0.15, 0.2) is 0 Å². The molecule has 1 saturated heterocycles. The van der Waals surface area contributed by atoms with E-state index in [1.807, 2.05) is 53.6 Å². The van der Waals surface area contributed by atoms with E-state index in [4.69, 9.17) is 9.47 Å². The zero-order valence-corrected chi connectivity index (χ0v) is 15.6. The van der Waals surface area contributed by atoms with E-state index in [-0.39, 0.29) is 11.8 Å². The number of hydrogen-bond donors (Lipinski definition) is 1. The zero-order valence-electron chi connectivity index (χ0n) is 15.6. The lowest BCUT2D eigenvalue weighted by atomic mass is 9.98. The molecule has 3 aromatic rings. The van der Waals surface area contributed by atoms with Crippen molar-refractivity contribution in [2.75, 3.05) is 18.6 Å². The number of carbonyl (C=O) groups excluding carboxylic acids is 1. The summed E-state index contributed by atoms with van der Waals surface area (Å²) in [5.74, 6) is 1.79. The maximum Gasteiger partial charge on any atom is 0.230 e. The average molecular weight is 375 g/mol. The lowest BCUT2D eigenvalue weighted by Crippen LogP contribution is -2.27. The molecule has 1 atom stereocenters. The number of ether oxygens (including phenoxy) is 2. The van der Waals surface area contributed by atoms with Crippen LogP contribution in [0.25, 0.3) is 11.1 Å². The lowest BCUT2D eigenvalue weighted by Gasteiger charge is -2.22. The SMILES string of the molecule is COc1cccc(CC2CCN(c3ccc4c(c3)OCc3[nH]ncc3-4)C2=O)c1. The average Bonchev–Trinajstić information content (AvgIpc) is 3.35. The minimum absolute atomic E-state index is 0.00969. The first-order chi connectivity index (χ1) is 13.7. The summed E-state index contributed by atoms with van der Waals surface area (Å²) in [5, 5.41) is 7.06. The molecule has 2 aromatic carbocycles. The third kappa shape index (κ3) is 2.81. The molecule has 6 heteroatoms. The molecule has 28 heavy (non-hydrogen) atoms. The third-order valence-electron chi connectivity index (χ3n) is 5.59. The number of hydrogen-bond acceptors (Lipinski definition) is 4. The molecule has 6 nitrogen and oxygen atoms in total. The molecule has 1 aromatic heterocycles. The van der Waals surface area contributed by atoms with Crippen LogP contribution in [0.2, 0.25) is 0 Å². The molecule has 0 aliphatic carbocycles. The predicted octanol–water partition coefficient (Wildman–Crippen LogP) is 3.57. The highest BCUT2D eigenvalue weighted by atomic mass is 16.5. The van der Waals surface area contributed by atoms with Gasteiger partial charge in [0.05, 0.1) is 19.0 Å². The summed E-state index contributed by atoms with van der Waals surface area (Å²) < 4.78 is 11.2. The van der Waals surface area contributed by atoms with Gasteiger partial charge in [-0.05, 0) is 42.7 Å². The maximum absolute atomic E-state index is 13.0. The van der Waals surface area contributed by atoms with Crippen molar-refractivity contribution in [3.63, 3.8) is 0 Å². The van der Waals surface area contributed by atoms with Gasteiger partial charge in [-0.15, -0.1) is 0 Å². The fourth-order valence-corrected chi connectivity index (χ4v) is 4.09. The normalized spacial score (nSPS) is 17.8. The number of anilines is 1. The van der Waals surface area contributed by atoms with Gasteiger partial charge in [0.1, 0.15) is 18.1 Å². The number of aromatic nitrogens is 2. The predicted molar refractivity (Wildman–Crippen MR) is 106 cm³/mol. The molecule has 2 aliphatic heterocycles. The minimum atomic E-state index is -0.00969. The monoisotopic (exact) mass is 375 g/mol. The van der Waals surface area contributed by atoms with Crippen molar-refractivity contribution >= 4 is 11.6 Å². The molecule has 2 aliphatic rings. The van der Waals surface area contributed by atoms with Crippen LogP contribution in [0.15, 0.2) is 48.7 Å². The Hall–Kier alpha value is -3.28. The topological polar surface area (TPSA) is 67.5 Å². The summed E-state index contributed by atoms with van der Waals surface area (Å²) >= 11 is 0. The van der Waals surface area contributed by atoms with Gasteiger partial charge in [-0.1, -0.05) is 12.1 Å². The fraction of sp³-hybridized carbons (Fsp3) is 0.273. The summed E-state index contributed by atoms with van der Waals surface area (Å²) in [6, 6.07) is 13.9. The molecule has 142 valence electrons. The Bertz CT molecular complexity index is 1040. The molecule has 3 heterocycles. The van der Waals surface area contributed by atoms with Crippen molar-refractivity contribution in [2.45, 2.75) is 19.4 Å². The summed E-state index contributed by atoms with van der Waals surface area (Å²) in [6.07, 6.45) is 3.40. The molecule has 1 amide bonds. The van der Waals surface area contributed by atoms with Crippen LogP contribution in [0, 0.1) is 5.92 Å². The second kappa shape index (κ2) is 6.71. The summed E-state index contributed by atoms with van der Waals surface area (Å²) in [7, 11) is 1.66. The van der Waals surface area contributed by atoms with Crippen molar-refractivity contribution in [2.24, 2.45) is 5.92 Å². The largest absolute Gasteiger partial charge is 0.497 e. The van der Waals surface area contributed by atoms with Crippen molar-refractivity contribution in [3.05, 3.63) is 59.9 Å². The van der Waals surface area contributed by atoms with Gasteiger partial charge in [0.25, 0.3) is 0 Å². The zero-order chi connectivity index (χ0) is 19.1. The van der Waals surface area contributed by atoms with Crippen LogP contribution in [-0.2, 0) is 17.8 Å². The highest BCUT2D eigenvalue weighted by Crippen LogP contribution is 2.40. The number of nitrogens with one attached hydrogen (secondary N) is 1. The van der Waals surface area contributed by atoms with E-state index in [2.05, 4.69) is 10.2 Å². The number of benzene rings is 2. The summed E-state index contributed by atoms with van der Waals surface area (Å²) in [4.78, 5) is 14.9. The van der Waals surface area contributed by atoms with E-state index < -0.39 is 0 Å². The van der Waals surface area contributed by atoms with E-state index >= 15 is 0 Å². The molecule has 0 radical (unpaired) electrons. The standard InChI is InChI=1S/C22H21N3O3/c1-27-17-4-2-3-14(10-17)9-15-7-8-25(22(15)26)16-5-6-18-19-12-23-24-20(19)13-28-21(18)11-16/h2-6,10-12,15H,7-9,13H2,1H3,(H,23,24). The lowest BCUT2D eigenvalue weighted by molar-refractivity contribution is -0.120. The number of aromatic amines is 1. The third-order valence-corrected chi connectivity index (χ3v) is 5.59. The molecule has 1 fully saturated rings. The van der Waals surface area contributed by atoms with Crippen LogP contribution >= 0.6 is 0 Å². The Morgan fingerprint density at radius 2 is 2.18 bits per heavy atom. The number of carbonyl (C=O) groups is 1. The molecular formula is C22H21N3O3. The highest BCUT2D eigenvalue weighted by Gasteiger charge is 2.33. The van der Waals surface area contributed by atoms with E-state index in [9.17, 15) is 4.79 Å². The van der Waals surface area contributed by atoms with Crippen molar-refractivity contribution in [3.8, 4) is 22.6 Å². The van der Waals surface area contributed by atoms with Crippen LogP contribution < -0.4 is 14.4 Å². The molecule has 1 N–H and O–H groups in total. The quantitative estimate of drug-likeness (QED) is 0.757. The summed E-state index contributed by atoms with van der Waals surface area (Å²) in [6.45, 7) is 1.20. The second-order valence-corrected chi connectivity index (χ2v) is 7.26. The molecule has 0 bridgehead atoms. The van der Waals surface area contributed by atoms with Gasteiger partial charge in [-0.2, -0.15) is 5.10 Å². The Morgan fingerprint density at radius 3 is 3.07 bits per heavy atom. The minimum Gasteiger partial charge on any atom is -0.497 e. The molecule has 0 saturated carbocycles. The van der Waals surface area contributed by atoms with Crippen LogP contribution in [0.1, 0.15) is 17.7 Å². The van der Waals surface area contributed by atoms with Crippen LogP contribution in [0.5, 0.6) is 11.5 Å². The number of nitrogens with zero attached hydrogens (tertiary/aromatic N) is 2. The Kier molecular flexibility index (Phi) is 4.04. The van der Waals surface area contributed by atoms with Crippen molar-refractivity contribution < 1.29 is 14.3 Å². The smallest absolute Gasteiger partial charge is 0.230 e. The van der Waals surface area contributed by atoms with Gasteiger partial charge < -0.3 is 14.4 Å². The second-order valence-electron chi connectivity index (χ2n) is 7.26. The number of fused-ring (bicyclic) bond motifs is 3. The van der Waals surface area contributed by atoms with Gasteiger partial charge in [0.2, 0.25) is 5.91 Å². The van der Waals surface area contributed by atoms with Crippen LogP contribution in [-0.4, -0.2) is 29.8 Å². The molecule has 1 unspecified atom stereocenters. The first kappa shape index (κ1) is 16.9. The van der Waals surface area contributed by atoms with E-state index in [1.54, 1.807) is 7.11 Å². The Balaban J connectivity index is 1.36. The first-order valence-electron chi connectivity index (χ1n) is 9.46. The van der Waals surface area contributed by atoms with Crippen LogP contribution in [0.3, 0.4) is 0 Å². The van der Waals surface area contributed by atoms with E-state index in [1.165, 1.54) is 0 Å². The molecular weight excluding hydrogens is 354 g/mol.